The molecule has 2 bridgehead atoms. The van der Waals surface area contributed by atoms with Crippen molar-refractivity contribution in [2.45, 2.75) is 43.8 Å². The van der Waals surface area contributed by atoms with Crippen LogP contribution in [0.15, 0.2) is 36.4 Å². The Morgan fingerprint density at radius 1 is 0.833 bits per heavy atom. The number of carbonyl (C=O) groups excluding carboxylic acids is 2. The summed E-state index contributed by atoms with van der Waals surface area (Å²) in [7, 11) is 2.18. The molecule has 2 unspecified atom stereocenters. The van der Waals surface area contributed by atoms with Gasteiger partial charge in [0.15, 0.2) is 0 Å². The fourth-order valence-corrected chi connectivity index (χ4v) is 4.97. The van der Waals surface area contributed by atoms with E-state index >= 15 is 0 Å². The fourth-order valence-electron chi connectivity index (χ4n) is 4.97. The van der Waals surface area contributed by atoms with Gasteiger partial charge in [0.05, 0.1) is 0 Å². The summed E-state index contributed by atoms with van der Waals surface area (Å²) in [6, 6.07) is 12.5. The summed E-state index contributed by atoms with van der Waals surface area (Å²) in [5.74, 6) is -0.225. The summed E-state index contributed by atoms with van der Waals surface area (Å²) in [6.07, 6.45) is 4.17. The van der Waals surface area contributed by atoms with Gasteiger partial charge in [0.2, 0.25) is 0 Å². The van der Waals surface area contributed by atoms with Crippen molar-refractivity contribution >= 4 is 22.6 Å². The number of rotatable bonds is 1. The standard InChI is InChI=1S/C20H20N2O2/c1-21-13-8-9-14(21)11-15(10-13)22-19(23)16-6-2-4-12-5-3-7-17(18(12)16)20(22)24/h2-7,13-15H,8-11H2,1H3. The molecular formula is C20H20N2O2. The Balaban J connectivity index is 1.60. The number of hydrogen-bond acceptors (Lipinski definition) is 3. The second kappa shape index (κ2) is 4.90. The molecule has 0 saturated carbocycles. The second-order valence-corrected chi connectivity index (χ2v) is 7.37. The molecule has 0 aromatic heterocycles. The Labute approximate surface area is 141 Å². The second-order valence-electron chi connectivity index (χ2n) is 7.37. The first kappa shape index (κ1) is 14.2. The summed E-state index contributed by atoms with van der Waals surface area (Å²) < 4.78 is 0. The SMILES string of the molecule is CN1C2CCC1CC(N1C(=O)c3cccc4cccc(c34)C1=O)C2. The lowest BCUT2D eigenvalue weighted by Crippen LogP contribution is -2.54. The Bertz CT molecular complexity index is 810. The van der Waals surface area contributed by atoms with Crippen molar-refractivity contribution in [2.75, 3.05) is 7.05 Å². The molecule has 2 amide bonds. The van der Waals surface area contributed by atoms with Gasteiger partial charge in [0, 0.05) is 34.6 Å². The van der Waals surface area contributed by atoms with Gasteiger partial charge < -0.3 is 4.90 Å². The number of benzene rings is 2. The van der Waals surface area contributed by atoms with Crippen LogP contribution in [0.25, 0.3) is 10.8 Å². The molecule has 3 heterocycles. The molecule has 2 fully saturated rings. The van der Waals surface area contributed by atoms with Gasteiger partial charge in [-0.05, 0) is 50.2 Å². The largest absolute Gasteiger partial charge is 0.300 e. The molecule has 2 atom stereocenters. The number of hydrogen-bond donors (Lipinski definition) is 0. The van der Waals surface area contributed by atoms with Crippen LogP contribution in [0.2, 0.25) is 0 Å². The van der Waals surface area contributed by atoms with E-state index in [-0.39, 0.29) is 17.9 Å². The monoisotopic (exact) mass is 320 g/mol. The lowest BCUT2D eigenvalue weighted by molar-refractivity contribution is 0.0397. The Morgan fingerprint density at radius 3 is 1.92 bits per heavy atom. The van der Waals surface area contributed by atoms with Crippen LogP contribution in [0, 0.1) is 0 Å². The maximum absolute atomic E-state index is 13.1. The molecule has 3 aliphatic rings. The summed E-state index contributed by atoms with van der Waals surface area (Å²) in [5, 5.41) is 1.79. The molecule has 3 aliphatic heterocycles. The van der Waals surface area contributed by atoms with Crippen LogP contribution in [0.5, 0.6) is 0 Å². The van der Waals surface area contributed by atoms with E-state index in [1.54, 1.807) is 4.90 Å². The van der Waals surface area contributed by atoms with Crippen molar-refractivity contribution in [3.05, 3.63) is 47.5 Å². The van der Waals surface area contributed by atoms with Gasteiger partial charge in [-0.25, -0.2) is 0 Å². The van der Waals surface area contributed by atoms with Crippen LogP contribution in [0.1, 0.15) is 46.4 Å². The van der Waals surface area contributed by atoms with Crippen molar-refractivity contribution in [3.63, 3.8) is 0 Å². The van der Waals surface area contributed by atoms with Crippen molar-refractivity contribution in [3.8, 4) is 0 Å². The first-order valence-corrected chi connectivity index (χ1v) is 8.76. The van der Waals surface area contributed by atoms with Crippen molar-refractivity contribution in [1.82, 2.24) is 9.80 Å². The van der Waals surface area contributed by atoms with Crippen LogP contribution in [0.3, 0.4) is 0 Å². The molecule has 4 nitrogen and oxygen atoms in total. The van der Waals surface area contributed by atoms with Gasteiger partial charge in [-0.3, -0.25) is 14.5 Å². The fraction of sp³-hybridized carbons (Fsp3) is 0.400. The number of piperidine rings is 1. The van der Waals surface area contributed by atoms with E-state index in [0.717, 1.165) is 23.6 Å². The maximum atomic E-state index is 13.1. The molecule has 4 heteroatoms. The minimum atomic E-state index is -0.113. The third-order valence-electron chi connectivity index (χ3n) is 6.24. The van der Waals surface area contributed by atoms with Crippen LogP contribution in [-0.2, 0) is 0 Å². The lowest BCUT2D eigenvalue weighted by atomic mass is 9.90. The number of imide groups is 1. The summed E-state index contributed by atoms with van der Waals surface area (Å²) in [5.41, 5.74) is 1.35. The van der Waals surface area contributed by atoms with E-state index in [4.69, 9.17) is 0 Å². The lowest BCUT2D eigenvalue weighted by Gasteiger charge is -2.42. The summed E-state index contributed by atoms with van der Waals surface area (Å²) in [6.45, 7) is 0. The number of nitrogens with zero attached hydrogens (tertiary/aromatic N) is 2. The Kier molecular flexibility index (Phi) is 2.89. The number of fused-ring (bicyclic) bond motifs is 2. The minimum Gasteiger partial charge on any atom is -0.300 e. The highest BCUT2D eigenvalue weighted by Crippen LogP contribution is 2.39. The van der Waals surface area contributed by atoms with Crippen molar-refractivity contribution < 1.29 is 9.59 Å². The average Bonchev–Trinajstić information content (AvgIpc) is 2.81. The van der Waals surface area contributed by atoms with E-state index in [9.17, 15) is 9.59 Å². The predicted octanol–water partition coefficient (Wildman–Crippen LogP) is 3.06. The third-order valence-corrected chi connectivity index (χ3v) is 6.24. The van der Waals surface area contributed by atoms with E-state index in [0.29, 0.717) is 23.2 Å². The first-order chi connectivity index (χ1) is 11.6. The van der Waals surface area contributed by atoms with Crippen LogP contribution in [0.4, 0.5) is 0 Å². The van der Waals surface area contributed by atoms with Gasteiger partial charge in [-0.15, -0.1) is 0 Å². The van der Waals surface area contributed by atoms with Gasteiger partial charge in [-0.1, -0.05) is 24.3 Å². The van der Waals surface area contributed by atoms with Crippen molar-refractivity contribution in [2.24, 2.45) is 0 Å². The first-order valence-electron chi connectivity index (χ1n) is 8.76. The molecular weight excluding hydrogens is 300 g/mol. The molecule has 0 radical (unpaired) electrons. The molecule has 2 saturated heterocycles. The average molecular weight is 320 g/mol. The highest BCUT2D eigenvalue weighted by atomic mass is 16.2. The zero-order valence-electron chi connectivity index (χ0n) is 13.7. The molecule has 5 rings (SSSR count). The predicted molar refractivity (Wildman–Crippen MR) is 92.0 cm³/mol. The Morgan fingerprint density at radius 2 is 1.38 bits per heavy atom. The van der Waals surface area contributed by atoms with Gasteiger partial charge in [0.1, 0.15) is 0 Å². The molecule has 0 aliphatic carbocycles. The number of amides is 2. The van der Waals surface area contributed by atoms with E-state index < -0.39 is 0 Å². The summed E-state index contributed by atoms with van der Waals surface area (Å²) in [4.78, 5) is 30.2. The maximum Gasteiger partial charge on any atom is 0.261 e. The minimum absolute atomic E-state index is 0.0299. The topological polar surface area (TPSA) is 40.6 Å². The molecule has 24 heavy (non-hydrogen) atoms. The molecule has 122 valence electrons. The van der Waals surface area contributed by atoms with E-state index in [2.05, 4.69) is 11.9 Å². The molecule has 0 spiro atoms. The molecule has 2 aromatic rings. The highest BCUT2D eigenvalue weighted by molar-refractivity contribution is 6.25. The van der Waals surface area contributed by atoms with Crippen LogP contribution >= 0.6 is 0 Å². The van der Waals surface area contributed by atoms with Gasteiger partial charge >= 0.3 is 0 Å². The normalized spacial score (nSPS) is 29.5. The molecule has 2 aromatic carbocycles. The zero-order valence-corrected chi connectivity index (χ0v) is 13.7. The zero-order chi connectivity index (χ0) is 16.4. The van der Waals surface area contributed by atoms with E-state index in [1.807, 2.05) is 36.4 Å². The van der Waals surface area contributed by atoms with Crippen LogP contribution in [-0.4, -0.2) is 46.8 Å². The quantitative estimate of drug-likeness (QED) is 0.758. The third kappa shape index (κ3) is 1.77. The van der Waals surface area contributed by atoms with Crippen molar-refractivity contribution in [1.29, 1.82) is 0 Å². The molecule has 0 N–H and O–H groups in total. The van der Waals surface area contributed by atoms with Crippen LogP contribution < -0.4 is 0 Å². The highest BCUT2D eigenvalue weighted by Gasteiger charge is 2.45. The van der Waals surface area contributed by atoms with E-state index in [1.165, 1.54) is 12.8 Å². The summed E-state index contributed by atoms with van der Waals surface area (Å²) >= 11 is 0. The Hall–Kier alpha value is -2.20. The van der Waals surface area contributed by atoms with Gasteiger partial charge in [-0.2, -0.15) is 0 Å². The number of carbonyl (C=O) groups is 2. The smallest absolute Gasteiger partial charge is 0.261 e. The van der Waals surface area contributed by atoms with Gasteiger partial charge in [0.25, 0.3) is 11.8 Å².